The maximum atomic E-state index is 5.08. The van der Waals surface area contributed by atoms with Crippen LogP contribution in [-0.4, -0.2) is 13.7 Å². The Labute approximate surface area is 101 Å². The first kappa shape index (κ1) is 14.7. The summed E-state index contributed by atoms with van der Waals surface area (Å²) >= 11 is 0. The summed E-state index contributed by atoms with van der Waals surface area (Å²) in [6.45, 7) is 11.6. The topological polar surface area (TPSA) is 21.3 Å². The third-order valence-electron chi connectivity index (χ3n) is 1.91. The zero-order chi connectivity index (χ0) is 12.4. The molecule has 16 heavy (non-hydrogen) atoms. The van der Waals surface area contributed by atoms with Gasteiger partial charge in [-0.25, -0.2) is 0 Å². The third kappa shape index (κ3) is 6.25. The molecule has 0 saturated heterocycles. The van der Waals surface area contributed by atoms with Crippen molar-refractivity contribution in [2.75, 3.05) is 13.7 Å². The highest BCUT2D eigenvalue weighted by Crippen LogP contribution is 2.10. The fraction of sp³-hybridized carbons (Fsp3) is 0.429. The van der Waals surface area contributed by atoms with Gasteiger partial charge in [-0.1, -0.05) is 38.1 Å². The minimum atomic E-state index is 0. The molecule has 92 valence electrons. The predicted octanol–water partition coefficient (Wildman–Crippen LogP) is 3.63. The van der Waals surface area contributed by atoms with Crippen molar-refractivity contribution in [3.63, 3.8) is 0 Å². The molecule has 1 aromatic rings. The second-order valence-electron chi connectivity index (χ2n) is 3.41. The molecule has 0 fully saturated rings. The second-order valence-corrected chi connectivity index (χ2v) is 3.41. The van der Waals surface area contributed by atoms with Crippen molar-refractivity contribution < 1.29 is 6.16 Å². The van der Waals surface area contributed by atoms with Crippen molar-refractivity contribution in [3.05, 3.63) is 42.0 Å². The molecule has 0 aliphatic rings. The average molecular weight is 223 g/mol. The molecule has 0 aromatic heterocycles. The Morgan fingerprint density at radius 1 is 1.31 bits per heavy atom. The van der Waals surface area contributed by atoms with Gasteiger partial charge >= 0.3 is 0 Å². The summed E-state index contributed by atoms with van der Waals surface area (Å²) < 4.78 is 5.08. The summed E-state index contributed by atoms with van der Waals surface area (Å²) in [6.07, 6.45) is 0. The van der Waals surface area contributed by atoms with Gasteiger partial charge in [-0.05, 0) is 24.6 Å². The van der Waals surface area contributed by atoms with Crippen LogP contribution in [0.1, 0.15) is 27.8 Å². The molecule has 0 spiro atoms. The average Bonchev–Trinajstić information content (AvgIpc) is 2.32. The summed E-state index contributed by atoms with van der Waals surface area (Å²) in [5.41, 5.74) is 2.41. The quantitative estimate of drug-likeness (QED) is 0.770. The predicted molar refractivity (Wildman–Crippen MR) is 73.0 cm³/mol. The molecule has 1 N–H and O–H groups in total. The van der Waals surface area contributed by atoms with Gasteiger partial charge in [0.15, 0.2) is 0 Å². The second kappa shape index (κ2) is 8.98. The van der Waals surface area contributed by atoms with E-state index in [1.165, 1.54) is 5.56 Å². The minimum absolute atomic E-state index is 0. The van der Waals surface area contributed by atoms with E-state index in [2.05, 4.69) is 24.0 Å². The van der Waals surface area contributed by atoms with Crippen molar-refractivity contribution in [1.82, 2.24) is 5.32 Å². The third-order valence-corrected chi connectivity index (χ3v) is 1.91. The molecule has 0 radical (unpaired) electrons. The molecule has 0 heterocycles. The van der Waals surface area contributed by atoms with E-state index < -0.39 is 0 Å². The standard InChI is InChI=1S/C12H17NO.C2H6.H2/c1-10(2)8-13-9-11-4-6-12(14-3)7-5-11;1-2;/h4-7,13H,1,8-9H2,2-3H3;1-2H3;1H. The van der Waals surface area contributed by atoms with Crippen LogP contribution in [-0.2, 0) is 6.54 Å². The van der Waals surface area contributed by atoms with Crippen LogP contribution in [0.3, 0.4) is 0 Å². The van der Waals surface area contributed by atoms with Crippen molar-refractivity contribution in [2.24, 2.45) is 0 Å². The normalized spacial score (nSPS) is 9.00. The number of rotatable bonds is 5. The van der Waals surface area contributed by atoms with E-state index in [1.54, 1.807) is 7.11 Å². The molecule has 0 saturated carbocycles. The smallest absolute Gasteiger partial charge is 0.118 e. The molecule has 0 unspecified atom stereocenters. The number of ether oxygens (including phenoxy) is 1. The molecule has 2 nitrogen and oxygen atoms in total. The highest BCUT2D eigenvalue weighted by Gasteiger charge is 1.93. The minimum Gasteiger partial charge on any atom is -0.497 e. The molecule has 0 atom stereocenters. The Morgan fingerprint density at radius 3 is 2.31 bits per heavy atom. The van der Waals surface area contributed by atoms with Crippen LogP contribution >= 0.6 is 0 Å². The largest absolute Gasteiger partial charge is 0.497 e. The summed E-state index contributed by atoms with van der Waals surface area (Å²) in [6, 6.07) is 8.06. The lowest BCUT2D eigenvalue weighted by Crippen LogP contribution is -2.14. The van der Waals surface area contributed by atoms with E-state index in [9.17, 15) is 0 Å². The van der Waals surface area contributed by atoms with Crippen molar-refractivity contribution in [3.8, 4) is 5.75 Å². The SMILES string of the molecule is C=C(C)CNCc1ccc(OC)cc1.CC.[HH]. The van der Waals surface area contributed by atoms with Crippen molar-refractivity contribution in [1.29, 1.82) is 0 Å². The fourth-order valence-corrected chi connectivity index (χ4v) is 1.16. The number of methoxy groups -OCH3 is 1. The Bertz CT molecular complexity index is 296. The molecule has 0 aliphatic carbocycles. The van der Waals surface area contributed by atoms with Crippen molar-refractivity contribution in [2.45, 2.75) is 27.3 Å². The maximum absolute atomic E-state index is 5.08. The molecule has 0 bridgehead atoms. The van der Waals surface area contributed by atoms with Gasteiger partial charge in [0.25, 0.3) is 0 Å². The molecule has 1 rings (SSSR count). The molecule has 0 aliphatic heterocycles. The number of nitrogens with one attached hydrogen (secondary N) is 1. The molecular weight excluding hydrogens is 198 g/mol. The van der Waals surface area contributed by atoms with E-state index in [0.717, 1.165) is 24.4 Å². The Hall–Kier alpha value is -1.28. The molecular formula is C14H25NO. The van der Waals surface area contributed by atoms with Gasteiger partial charge in [-0.3, -0.25) is 0 Å². The lowest BCUT2D eigenvalue weighted by atomic mass is 10.2. The maximum Gasteiger partial charge on any atom is 0.118 e. The monoisotopic (exact) mass is 223 g/mol. The van der Waals surface area contributed by atoms with E-state index in [-0.39, 0.29) is 1.43 Å². The molecule has 1 aromatic carbocycles. The van der Waals surface area contributed by atoms with Crippen LogP contribution < -0.4 is 10.1 Å². The van der Waals surface area contributed by atoms with Gasteiger partial charge in [0, 0.05) is 14.5 Å². The van der Waals surface area contributed by atoms with Gasteiger partial charge in [0.1, 0.15) is 5.75 Å². The Balaban J connectivity index is 0. The van der Waals surface area contributed by atoms with Gasteiger partial charge in [-0.2, -0.15) is 0 Å². The van der Waals surface area contributed by atoms with Crippen LogP contribution in [0, 0.1) is 0 Å². The summed E-state index contributed by atoms with van der Waals surface area (Å²) in [7, 11) is 1.67. The highest BCUT2D eigenvalue weighted by molar-refractivity contribution is 5.27. The lowest BCUT2D eigenvalue weighted by Gasteiger charge is -2.05. The first-order valence-electron chi connectivity index (χ1n) is 5.70. The van der Waals surface area contributed by atoms with Crippen LogP contribution in [0.5, 0.6) is 5.75 Å². The summed E-state index contributed by atoms with van der Waals surface area (Å²) in [5, 5.41) is 3.30. The van der Waals surface area contributed by atoms with Gasteiger partial charge in [0.2, 0.25) is 0 Å². The van der Waals surface area contributed by atoms with Gasteiger partial charge in [0.05, 0.1) is 7.11 Å². The van der Waals surface area contributed by atoms with Gasteiger partial charge < -0.3 is 10.1 Å². The van der Waals surface area contributed by atoms with Crippen LogP contribution in [0.4, 0.5) is 0 Å². The molecule has 2 heteroatoms. The number of hydrogen-bond donors (Lipinski definition) is 1. The first-order valence-corrected chi connectivity index (χ1v) is 5.70. The lowest BCUT2D eigenvalue weighted by molar-refractivity contribution is 0.414. The van der Waals surface area contributed by atoms with E-state index in [0.29, 0.717) is 0 Å². The summed E-state index contributed by atoms with van der Waals surface area (Å²) in [4.78, 5) is 0. The Morgan fingerprint density at radius 2 is 1.88 bits per heavy atom. The highest BCUT2D eigenvalue weighted by atomic mass is 16.5. The van der Waals surface area contributed by atoms with Crippen LogP contribution in [0.2, 0.25) is 0 Å². The van der Waals surface area contributed by atoms with Crippen LogP contribution in [0.25, 0.3) is 0 Å². The molecule has 0 amide bonds. The van der Waals surface area contributed by atoms with E-state index >= 15 is 0 Å². The van der Waals surface area contributed by atoms with Crippen molar-refractivity contribution >= 4 is 0 Å². The van der Waals surface area contributed by atoms with E-state index in [1.807, 2.05) is 32.9 Å². The summed E-state index contributed by atoms with van der Waals surface area (Å²) in [5.74, 6) is 0.897. The Kier molecular flexibility index (Phi) is 8.26. The number of benzene rings is 1. The van der Waals surface area contributed by atoms with Crippen LogP contribution in [0.15, 0.2) is 36.4 Å². The first-order chi connectivity index (χ1) is 7.72. The fourth-order valence-electron chi connectivity index (χ4n) is 1.16. The zero-order valence-corrected chi connectivity index (χ0v) is 10.8. The van der Waals surface area contributed by atoms with Gasteiger partial charge in [-0.15, -0.1) is 0 Å². The zero-order valence-electron chi connectivity index (χ0n) is 10.8. The van der Waals surface area contributed by atoms with E-state index in [4.69, 9.17) is 4.74 Å². The number of hydrogen-bond acceptors (Lipinski definition) is 2.